The lowest BCUT2D eigenvalue weighted by atomic mass is 10.2. The van der Waals surface area contributed by atoms with Gasteiger partial charge in [-0.15, -0.1) is 0 Å². The number of esters is 1. The molecule has 0 aliphatic carbocycles. The highest BCUT2D eigenvalue weighted by Crippen LogP contribution is 2.17. The Hall–Kier alpha value is -3.35. The maximum atomic E-state index is 11.9. The molecule has 0 saturated carbocycles. The van der Waals surface area contributed by atoms with Gasteiger partial charge in [-0.1, -0.05) is 6.07 Å². The molecule has 25 heavy (non-hydrogen) atoms. The zero-order valence-electron chi connectivity index (χ0n) is 13.9. The molecule has 7 nitrogen and oxygen atoms in total. The van der Waals surface area contributed by atoms with Crippen LogP contribution < -0.4 is 15.4 Å². The van der Waals surface area contributed by atoms with Gasteiger partial charge >= 0.3 is 5.97 Å². The summed E-state index contributed by atoms with van der Waals surface area (Å²) in [5.41, 5.74) is 1.52. The van der Waals surface area contributed by atoms with Gasteiger partial charge < -0.3 is 20.1 Å². The third kappa shape index (κ3) is 5.65. The summed E-state index contributed by atoms with van der Waals surface area (Å²) >= 11 is 0. The Bertz CT molecular complexity index is 771. The van der Waals surface area contributed by atoms with Crippen LogP contribution in [0.2, 0.25) is 0 Å². The van der Waals surface area contributed by atoms with Gasteiger partial charge in [0.25, 0.3) is 5.91 Å². The van der Waals surface area contributed by atoms with Crippen LogP contribution in [-0.2, 0) is 14.3 Å². The summed E-state index contributed by atoms with van der Waals surface area (Å²) in [6.45, 7) is 1.22. The lowest BCUT2D eigenvalue weighted by molar-refractivity contribution is -0.118. The van der Waals surface area contributed by atoms with E-state index >= 15 is 0 Å². The largest absolute Gasteiger partial charge is 0.484 e. The van der Waals surface area contributed by atoms with E-state index in [1.54, 1.807) is 48.5 Å². The SMILES string of the molecule is COC(=O)c1ccc(NC(=O)COc2cccc(NC(C)=O)c2)cc1. The number of ether oxygens (including phenoxy) is 2. The van der Waals surface area contributed by atoms with Gasteiger partial charge in [0.05, 0.1) is 12.7 Å². The van der Waals surface area contributed by atoms with E-state index in [-0.39, 0.29) is 18.4 Å². The number of anilines is 2. The van der Waals surface area contributed by atoms with E-state index in [1.807, 2.05) is 0 Å². The second kappa shape index (κ2) is 8.49. The number of nitrogens with one attached hydrogen (secondary N) is 2. The van der Waals surface area contributed by atoms with Crippen LogP contribution in [0.25, 0.3) is 0 Å². The van der Waals surface area contributed by atoms with Crippen molar-refractivity contribution >= 4 is 29.2 Å². The van der Waals surface area contributed by atoms with Gasteiger partial charge in [-0.3, -0.25) is 9.59 Å². The fourth-order valence-electron chi connectivity index (χ4n) is 2.02. The average molecular weight is 342 g/mol. The van der Waals surface area contributed by atoms with Crippen molar-refractivity contribution in [3.05, 3.63) is 54.1 Å². The Morgan fingerprint density at radius 2 is 1.68 bits per heavy atom. The van der Waals surface area contributed by atoms with E-state index in [0.717, 1.165) is 0 Å². The first-order valence-electron chi connectivity index (χ1n) is 7.46. The summed E-state index contributed by atoms with van der Waals surface area (Å²) in [5.74, 6) is -0.524. The highest BCUT2D eigenvalue weighted by atomic mass is 16.5. The quantitative estimate of drug-likeness (QED) is 0.787. The van der Waals surface area contributed by atoms with E-state index < -0.39 is 5.97 Å². The molecule has 0 radical (unpaired) electrons. The van der Waals surface area contributed by atoms with Gasteiger partial charge in [0.15, 0.2) is 6.61 Å². The number of rotatable bonds is 6. The Kier molecular flexibility index (Phi) is 6.11. The van der Waals surface area contributed by atoms with E-state index in [4.69, 9.17) is 4.74 Å². The average Bonchev–Trinajstić information content (AvgIpc) is 2.60. The van der Waals surface area contributed by atoms with Crippen molar-refractivity contribution in [3.63, 3.8) is 0 Å². The fourth-order valence-corrected chi connectivity index (χ4v) is 2.02. The molecule has 0 aliphatic heterocycles. The Balaban J connectivity index is 1.88. The zero-order chi connectivity index (χ0) is 18.2. The molecular formula is C18H18N2O5. The molecule has 0 atom stereocenters. The molecule has 0 fully saturated rings. The zero-order valence-corrected chi connectivity index (χ0v) is 13.9. The maximum absolute atomic E-state index is 11.9. The van der Waals surface area contributed by atoms with Gasteiger partial charge in [0.2, 0.25) is 5.91 Å². The highest BCUT2D eigenvalue weighted by Gasteiger charge is 2.07. The van der Waals surface area contributed by atoms with Crippen LogP contribution in [-0.4, -0.2) is 31.5 Å². The summed E-state index contributed by atoms with van der Waals surface area (Å²) in [7, 11) is 1.30. The van der Waals surface area contributed by atoms with Gasteiger partial charge in [0, 0.05) is 24.4 Å². The molecule has 2 amide bonds. The highest BCUT2D eigenvalue weighted by molar-refractivity contribution is 5.93. The molecule has 0 heterocycles. The first-order valence-corrected chi connectivity index (χ1v) is 7.46. The van der Waals surface area contributed by atoms with Crippen molar-refractivity contribution in [2.45, 2.75) is 6.92 Å². The molecule has 130 valence electrons. The fraction of sp³-hybridized carbons (Fsp3) is 0.167. The van der Waals surface area contributed by atoms with Gasteiger partial charge in [0.1, 0.15) is 5.75 Å². The Morgan fingerprint density at radius 3 is 2.32 bits per heavy atom. The normalized spacial score (nSPS) is 9.84. The van der Waals surface area contributed by atoms with Gasteiger partial charge in [-0.25, -0.2) is 4.79 Å². The predicted molar refractivity (Wildman–Crippen MR) is 92.7 cm³/mol. The molecule has 0 spiro atoms. The number of carbonyl (C=O) groups is 3. The van der Waals surface area contributed by atoms with Crippen LogP contribution in [0, 0.1) is 0 Å². The van der Waals surface area contributed by atoms with Crippen molar-refractivity contribution in [2.75, 3.05) is 24.4 Å². The third-order valence-corrected chi connectivity index (χ3v) is 3.11. The Morgan fingerprint density at radius 1 is 0.960 bits per heavy atom. The molecule has 0 aromatic heterocycles. The predicted octanol–water partition coefficient (Wildman–Crippen LogP) is 2.45. The number of hydrogen-bond donors (Lipinski definition) is 2. The molecule has 7 heteroatoms. The summed E-state index contributed by atoms with van der Waals surface area (Å²) < 4.78 is 10.0. The topological polar surface area (TPSA) is 93.7 Å². The van der Waals surface area contributed by atoms with Crippen molar-refractivity contribution in [2.24, 2.45) is 0 Å². The smallest absolute Gasteiger partial charge is 0.337 e. The van der Waals surface area contributed by atoms with E-state index in [2.05, 4.69) is 15.4 Å². The van der Waals surface area contributed by atoms with Crippen LogP contribution in [0.5, 0.6) is 5.75 Å². The summed E-state index contributed by atoms with van der Waals surface area (Å²) in [4.78, 5) is 34.3. The van der Waals surface area contributed by atoms with Gasteiger partial charge in [-0.05, 0) is 36.4 Å². The lowest BCUT2D eigenvalue weighted by Crippen LogP contribution is -2.20. The summed E-state index contributed by atoms with van der Waals surface area (Å²) in [5, 5.41) is 5.29. The van der Waals surface area contributed by atoms with Crippen LogP contribution in [0.1, 0.15) is 17.3 Å². The van der Waals surface area contributed by atoms with Crippen molar-refractivity contribution in [3.8, 4) is 5.75 Å². The van der Waals surface area contributed by atoms with E-state index in [1.165, 1.54) is 14.0 Å². The molecule has 0 saturated heterocycles. The molecule has 0 bridgehead atoms. The molecule has 2 aromatic carbocycles. The van der Waals surface area contributed by atoms with Crippen LogP contribution >= 0.6 is 0 Å². The van der Waals surface area contributed by atoms with E-state index in [0.29, 0.717) is 22.7 Å². The molecule has 2 rings (SSSR count). The van der Waals surface area contributed by atoms with Crippen LogP contribution in [0.15, 0.2) is 48.5 Å². The van der Waals surface area contributed by atoms with Crippen molar-refractivity contribution in [1.82, 2.24) is 0 Å². The number of carbonyl (C=O) groups excluding carboxylic acids is 3. The number of amides is 2. The first-order chi connectivity index (χ1) is 12.0. The van der Waals surface area contributed by atoms with Gasteiger partial charge in [-0.2, -0.15) is 0 Å². The number of methoxy groups -OCH3 is 1. The minimum atomic E-state index is -0.444. The van der Waals surface area contributed by atoms with Crippen molar-refractivity contribution in [1.29, 1.82) is 0 Å². The molecule has 0 unspecified atom stereocenters. The third-order valence-electron chi connectivity index (χ3n) is 3.11. The van der Waals surface area contributed by atoms with Crippen LogP contribution in [0.3, 0.4) is 0 Å². The maximum Gasteiger partial charge on any atom is 0.337 e. The first kappa shape index (κ1) is 18.0. The molecule has 2 aromatic rings. The Labute approximate surface area is 144 Å². The number of benzene rings is 2. The molecular weight excluding hydrogens is 324 g/mol. The molecule has 2 N–H and O–H groups in total. The second-order valence-corrected chi connectivity index (χ2v) is 5.11. The van der Waals surface area contributed by atoms with Crippen LogP contribution in [0.4, 0.5) is 11.4 Å². The summed E-state index contributed by atoms with van der Waals surface area (Å²) in [6.07, 6.45) is 0. The summed E-state index contributed by atoms with van der Waals surface area (Å²) in [6, 6.07) is 13.0. The molecule has 0 aliphatic rings. The minimum Gasteiger partial charge on any atom is -0.484 e. The van der Waals surface area contributed by atoms with E-state index in [9.17, 15) is 14.4 Å². The monoisotopic (exact) mass is 342 g/mol. The van der Waals surface area contributed by atoms with Crippen molar-refractivity contribution < 1.29 is 23.9 Å². The number of hydrogen-bond acceptors (Lipinski definition) is 5. The minimum absolute atomic E-state index is 0.190. The standard InChI is InChI=1S/C18H18N2O5/c1-12(21)19-15-4-3-5-16(10-15)25-11-17(22)20-14-8-6-13(7-9-14)18(23)24-2/h3-10H,11H2,1-2H3,(H,19,21)(H,20,22). The second-order valence-electron chi connectivity index (χ2n) is 5.11. The lowest BCUT2D eigenvalue weighted by Gasteiger charge is -2.09.